The van der Waals surface area contributed by atoms with Crippen LogP contribution in [0.25, 0.3) is 0 Å². The van der Waals surface area contributed by atoms with Gasteiger partial charge in [-0.15, -0.1) is 0 Å². The highest BCUT2D eigenvalue weighted by molar-refractivity contribution is 5.34. The second-order valence-corrected chi connectivity index (χ2v) is 14.9. The molecule has 6 aliphatic rings. The van der Waals surface area contributed by atoms with E-state index in [1.807, 2.05) is 0 Å². The summed E-state index contributed by atoms with van der Waals surface area (Å²) in [7, 11) is 0. The van der Waals surface area contributed by atoms with Gasteiger partial charge in [-0.25, -0.2) is 0 Å². The third-order valence-corrected chi connectivity index (χ3v) is 12.9. The van der Waals surface area contributed by atoms with Crippen molar-refractivity contribution in [3.8, 4) is 0 Å². The van der Waals surface area contributed by atoms with E-state index in [-0.39, 0.29) is 23.0 Å². The fraction of sp³-hybridized carbons (Fsp3) is 0.879. The van der Waals surface area contributed by atoms with Crippen LogP contribution >= 0.6 is 0 Å². The van der Waals surface area contributed by atoms with Crippen LogP contribution in [0, 0.1) is 40.4 Å². The molecule has 2 saturated carbocycles. The lowest BCUT2D eigenvalue weighted by Gasteiger charge is -2.54. The monoisotopic (exact) mass is 575 g/mol. The second-order valence-electron chi connectivity index (χ2n) is 14.9. The molecule has 2 heterocycles. The van der Waals surface area contributed by atoms with Crippen LogP contribution in [0.15, 0.2) is 23.3 Å². The van der Waals surface area contributed by atoms with Gasteiger partial charge in [-0.1, -0.05) is 51.0 Å². The van der Waals surface area contributed by atoms with Gasteiger partial charge in [0, 0.05) is 11.5 Å². The molecule has 41 heavy (non-hydrogen) atoms. The van der Waals surface area contributed by atoms with Gasteiger partial charge in [-0.2, -0.15) is 0 Å². The average Bonchev–Trinajstić information content (AvgIpc) is 3.24. The fourth-order valence-corrected chi connectivity index (χ4v) is 9.89. The minimum atomic E-state index is -1.43. The maximum Gasteiger partial charge on any atom is 0.186 e. The number of aliphatic hydroxyl groups excluding tert-OH is 5. The molecule has 0 amide bonds. The zero-order valence-electron chi connectivity index (χ0n) is 25.3. The largest absolute Gasteiger partial charge is 0.394 e. The maximum absolute atomic E-state index is 11.6. The van der Waals surface area contributed by atoms with Crippen molar-refractivity contribution in [3.63, 3.8) is 0 Å². The van der Waals surface area contributed by atoms with Crippen molar-refractivity contribution in [1.82, 2.24) is 5.32 Å². The van der Waals surface area contributed by atoms with Gasteiger partial charge in [0.05, 0.1) is 18.8 Å². The summed E-state index contributed by atoms with van der Waals surface area (Å²) in [5, 5.41) is 55.8. The molecule has 0 aromatic rings. The molecule has 0 spiro atoms. The Labute approximate surface area is 245 Å². The van der Waals surface area contributed by atoms with Gasteiger partial charge in [0.1, 0.15) is 24.4 Å². The lowest BCUT2D eigenvalue weighted by molar-refractivity contribution is -0.313. The Morgan fingerprint density at radius 2 is 1.83 bits per heavy atom. The van der Waals surface area contributed by atoms with E-state index < -0.39 is 37.3 Å². The molecule has 6 rings (SSSR count). The summed E-state index contributed by atoms with van der Waals surface area (Å²) < 4.78 is 11.8. The topological polar surface area (TPSA) is 132 Å². The standard InChI is InChI=1S/C33H53NO7/c1-17-5-10-25(34-15-17)18(2)33(4)24-9-8-23-21(22(24)14-27(33)36)7-6-19-13-20(11-12-32(19,23)3)40-31-30(39)29(38)28(37)26(16-35)41-31/h6,9,17-18,20-23,25-31,34-39H,5,7-8,10-16H2,1-4H3/t17-,18+,20-,21-,22-,23-,25-,26+,27-,28+,29-,30+,31+,32-,33-/m0/s1. The Kier molecular flexibility index (Phi) is 8.29. The highest BCUT2D eigenvalue weighted by atomic mass is 16.7. The molecule has 0 unspecified atom stereocenters. The molecule has 2 aliphatic heterocycles. The summed E-state index contributed by atoms with van der Waals surface area (Å²) in [5.74, 6) is 2.61. The number of nitrogens with one attached hydrogen (secondary N) is 1. The lowest BCUT2D eigenvalue weighted by Crippen LogP contribution is -2.60. The van der Waals surface area contributed by atoms with Crippen LogP contribution < -0.4 is 5.32 Å². The first kappa shape index (κ1) is 30.2. The molecule has 15 atom stereocenters. The zero-order chi connectivity index (χ0) is 29.3. The number of fused-ring (bicyclic) bond motifs is 5. The van der Waals surface area contributed by atoms with E-state index in [9.17, 15) is 25.5 Å². The predicted molar refractivity (Wildman–Crippen MR) is 155 cm³/mol. The van der Waals surface area contributed by atoms with Crippen LogP contribution in [0.2, 0.25) is 0 Å². The van der Waals surface area contributed by atoms with Gasteiger partial charge in [-0.05, 0) is 92.9 Å². The second kappa shape index (κ2) is 11.3. The van der Waals surface area contributed by atoms with Gasteiger partial charge in [-0.3, -0.25) is 0 Å². The van der Waals surface area contributed by atoms with Crippen molar-refractivity contribution in [2.24, 2.45) is 40.4 Å². The van der Waals surface area contributed by atoms with Gasteiger partial charge < -0.3 is 40.3 Å². The summed E-state index contributed by atoms with van der Waals surface area (Å²) in [4.78, 5) is 0. The third kappa shape index (κ3) is 4.89. The molecule has 4 aliphatic carbocycles. The van der Waals surface area contributed by atoms with E-state index in [0.29, 0.717) is 29.7 Å². The smallest absolute Gasteiger partial charge is 0.186 e. The van der Waals surface area contributed by atoms with Crippen LogP contribution in [-0.4, -0.2) is 87.6 Å². The van der Waals surface area contributed by atoms with Gasteiger partial charge in [0.2, 0.25) is 0 Å². The van der Waals surface area contributed by atoms with Crippen molar-refractivity contribution in [2.45, 2.75) is 128 Å². The summed E-state index contributed by atoms with van der Waals surface area (Å²) in [5.41, 5.74) is 2.80. The van der Waals surface area contributed by atoms with E-state index in [2.05, 4.69) is 45.2 Å². The number of allylic oxidation sites excluding steroid dienone is 2. The highest BCUT2D eigenvalue weighted by Gasteiger charge is 2.59. The van der Waals surface area contributed by atoms with Crippen LogP contribution in [-0.2, 0) is 9.47 Å². The van der Waals surface area contributed by atoms with Crippen LogP contribution in [0.3, 0.4) is 0 Å². The summed E-state index contributed by atoms with van der Waals surface area (Å²) in [6.45, 7) is 10.0. The van der Waals surface area contributed by atoms with E-state index in [0.717, 1.165) is 51.0 Å². The summed E-state index contributed by atoms with van der Waals surface area (Å²) >= 11 is 0. The quantitative estimate of drug-likeness (QED) is 0.276. The first-order chi connectivity index (χ1) is 19.5. The van der Waals surface area contributed by atoms with E-state index in [4.69, 9.17) is 9.47 Å². The summed E-state index contributed by atoms with van der Waals surface area (Å²) in [6.07, 6.45) is 6.16. The Balaban J connectivity index is 1.16. The molecule has 6 N–H and O–H groups in total. The number of hydrogen-bond acceptors (Lipinski definition) is 8. The van der Waals surface area contributed by atoms with Gasteiger partial charge in [0.15, 0.2) is 6.29 Å². The van der Waals surface area contributed by atoms with Crippen molar-refractivity contribution in [3.05, 3.63) is 23.3 Å². The number of hydrogen-bond donors (Lipinski definition) is 6. The molecule has 0 aromatic heterocycles. The van der Waals surface area contributed by atoms with Crippen molar-refractivity contribution in [1.29, 1.82) is 0 Å². The molecule has 232 valence electrons. The van der Waals surface area contributed by atoms with Crippen molar-refractivity contribution >= 4 is 0 Å². The Morgan fingerprint density at radius 1 is 1.05 bits per heavy atom. The Hall–Kier alpha value is -0.840. The van der Waals surface area contributed by atoms with Crippen LogP contribution in [0.5, 0.6) is 0 Å². The third-order valence-electron chi connectivity index (χ3n) is 12.9. The maximum atomic E-state index is 11.6. The van der Waals surface area contributed by atoms with Crippen molar-refractivity contribution < 1.29 is 35.0 Å². The zero-order valence-corrected chi connectivity index (χ0v) is 25.3. The molecule has 2 saturated heterocycles. The van der Waals surface area contributed by atoms with E-state index in [1.54, 1.807) is 0 Å². The molecule has 8 heteroatoms. The molecule has 0 radical (unpaired) electrons. The number of rotatable bonds is 5. The van der Waals surface area contributed by atoms with E-state index in [1.165, 1.54) is 24.0 Å². The fourth-order valence-electron chi connectivity index (χ4n) is 9.89. The number of aliphatic hydroxyl groups is 5. The summed E-state index contributed by atoms with van der Waals surface area (Å²) in [6, 6.07) is 0.456. The van der Waals surface area contributed by atoms with Crippen LogP contribution in [0.4, 0.5) is 0 Å². The molecule has 0 bridgehead atoms. The molecule has 4 fully saturated rings. The highest BCUT2D eigenvalue weighted by Crippen LogP contribution is 2.64. The normalized spacial score (nSPS) is 52.5. The predicted octanol–water partition coefficient (Wildman–Crippen LogP) is 2.67. The van der Waals surface area contributed by atoms with Crippen molar-refractivity contribution in [2.75, 3.05) is 13.2 Å². The Bertz CT molecular complexity index is 1020. The average molecular weight is 576 g/mol. The Morgan fingerprint density at radius 3 is 2.54 bits per heavy atom. The number of ether oxygens (including phenoxy) is 2. The molecular weight excluding hydrogens is 522 g/mol. The first-order valence-corrected chi connectivity index (χ1v) is 16.3. The lowest BCUT2D eigenvalue weighted by atomic mass is 9.51. The minimum Gasteiger partial charge on any atom is -0.394 e. The van der Waals surface area contributed by atoms with Gasteiger partial charge in [0.25, 0.3) is 0 Å². The SMILES string of the molecule is C[C@H]1CC[C@@H]([C@@H](C)[C@@]2(C)C3=CC[C@H]4[C@@H](CC=C5C[C@@H](O[C@@H]6O[C@H](CO)[C@@H](O)[C@H](O)[C@H]6O)CC[C@@]54C)[C@@H]3C[C@@H]2O)NC1. The van der Waals surface area contributed by atoms with Gasteiger partial charge >= 0.3 is 0 Å². The first-order valence-electron chi connectivity index (χ1n) is 16.3. The van der Waals surface area contributed by atoms with Crippen LogP contribution in [0.1, 0.15) is 79.1 Å². The molecular formula is C33H53NO7. The van der Waals surface area contributed by atoms with E-state index >= 15 is 0 Å². The number of piperidine rings is 1. The molecule has 8 nitrogen and oxygen atoms in total. The molecule has 0 aromatic carbocycles. The minimum absolute atomic E-state index is 0.0663.